The summed E-state index contributed by atoms with van der Waals surface area (Å²) in [5, 5.41) is 0. The first-order valence-electron chi connectivity index (χ1n) is 5.90. The lowest BCUT2D eigenvalue weighted by Crippen LogP contribution is -2.11. The summed E-state index contributed by atoms with van der Waals surface area (Å²) in [6.45, 7) is 6.61. The molecule has 0 aromatic carbocycles. The summed E-state index contributed by atoms with van der Waals surface area (Å²) in [4.78, 5) is 12.4. The van der Waals surface area contributed by atoms with Crippen LogP contribution in [0, 0.1) is 0 Å². The molecule has 0 bridgehead atoms. The number of nitrogens with one attached hydrogen (secondary N) is 1. The Bertz CT molecular complexity index is 530. The maximum atomic E-state index is 4.53. The molecular formula is C13H17N3. The summed E-state index contributed by atoms with van der Waals surface area (Å²) >= 11 is 0. The molecule has 0 saturated heterocycles. The van der Waals surface area contributed by atoms with Crippen LogP contribution in [0.25, 0.3) is 11.2 Å². The number of H-pyrrole nitrogens is 1. The number of hydrogen-bond acceptors (Lipinski definition) is 2. The maximum absolute atomic E-state index is 4.53. The summed E-state index contributed by atoms with van der Waals surface area (Å²) < 4.78 is 0. The minimum atomic E-state index is 0.145. The number of pyridine rings is 1. The van der Waals surface area contributed by atoms with Crippen molar-refractivity contribution in [3.05, 3.63) is 23.7 Å². The van der Waals surface area contributed by atoms with E-state index in [0.29, 0.717) is 5.92 Å². The van der Waals surface area contributed by atoms with Gasteiger partial charge in [0.05, 0.1) is 5.52 Å². The van der Waals surface area contributed by atoms with Crippen molar-refractivity contribution in [2.24, 2.45) is 0 Å². The SMILES string of the molecule is CC(C)(C)c1cnc2nc(C3CC3)[nH]c2c1. The highest BCUT2D eigenvalue weighted by Crippen LogP contribution is 2.39. The van der Waals surface area contributed by atoms with E-state index in [9.17, 15) is 0 Å². The highest BCUT2D eigenvalue weighted by molar-refractivity contribution is 5.71. The standard InChI is InChI=1S/C13H17N3/c1-13(2,3)9-6-10-12(14-7-9)16-11(15-10)8-4-5-8/h6-8H,4-5H2,1-3H3,(H,14,15,16). The van der Waals surface area contributed by atoms with E-state index >= 15 is 0 Å². The monoisotopic (exact) mass is 215 g/mol. The van der Waals surface area contributed by atoms with Crippen LogP contribution >= 0.6 is 0 Å². The van der Waals surface area contributed by atoms with Gasteiger partial charge in [0.2, 0.25) is 0 Å². The third-order valence-electron chi connectivity index (χ3n) is 3.19. The molecule has 0 atom stereocenters. The Kier molecular flexibility index (Phi) is 1.88. The zero-order valence-corrected chi connectivity index (χ0v) is 10.0. The summed E-state index contributed by atoms with van der Waals surface area (Å²) in [5.41, 5.74) is 3.33. The van der Waals surface area contributed by atoms with Gasteiger partial charge in [-0.2, -0.15) is 0 Å². The zero-order chi connectivity index (χ0) is 11.3. The second-order valence-electron chi connectivity index (χ2n) is 5.74. The quantitative estimate of drug-likeness (QED) is 0.794. The molecule has 3 heteroatoms. The number of fused-ring (bicyclic) bond motifs is 1. The molecule has 2 aromatic rings. The topological polar surface area (TPSA) is 41.6 Å². The molecule has 2 heterocycles. The van der Waals surface area contributed by atoms with Gasteiger partial charge >= 0.3 is 0 Å². The fraction of sp³-hybridized carbons (Fsp3) is 0.538. The van der Waals surface area contributed by atoms with Crippen molar-refractivity contribution in [2.75, 3.05) is 0 Å². The van der Waals surface area contributed by atoms with Gasteiger partial charge in [0.25, 0.3) is 0 Å². The Morgan fingerprint density at radius 2 is 2.06 bits per heavy atom. The van der Waals surface area contributed by atoms with E-state index in [1.807, 2.05) is 6.20 Å². The van der Waals surface area contributed by atoms with E-state index < -0.39 is 0 Å². The number of aromatic nitrogens is 3. The molecule has 84 valence electrons. The van der Waals surface area contributed by atoms with Crippen LogP contribution in [-0.4, -0.2) is 15.0 Å². The van der Waals surface area contributed by atoms with Crippen molar-refractivity contribution in [3.63, 3.8) is 0 Å². The van der Waals surface area contributed by atoms with E-state index in [1.54, 1.807) is 0 Å². The van der Waals surface area contributed by atoms with Crippen molar-refractivity contribution in [3.8, 4) is 0 Å². The average molecular weight is 215 g/mol. The molecule has 0 amide bonds. The van der Waals surface area contributed by atoms with E-state index in [-0.39, 0.29) is 5.41 Å². The van der Waals surface area contributed by atoms with Crippen molar-refractivity contribution < 1.29 is 0 Å². The van der Waals surface area contributed by atoms with Crippen molar-refractivity contribution >= 4 is 11.2 Å². The maximum Gasteiger partial charge on any atom is 0.177 e. The predicted molar refractivity (Wildman–Crippen MR) is 64.6 cm³/mol. The second kappa shape index (κ2) is 3.06. The fourth-order valence-corrected chi connectivity index (χ4v) is 1.88. The van der Waals surface area contributed by atoms with Gasteiger partial charge in [-0.3, -0.25) is 0 Å². The van der Waals surface area contributed by atoms with Gasteiger partial charge in [-0.05, 0) is 29.9 Å². The normalized spacial score (nSPS) is 16.9. The van der Waals surface area contributed by atoms with Crippen LogP contribution in [0.5, 0.6) is 0 Å². The van der Waals surface area contributed by atoms with Crippen LogP contribution in [-0.2, 0) is 5.41 Å². The van der Waals surface area contributed by atoms with Crippen LogP contribution in [0.15, 0.2) is 12.3 Å². The molecule has 1 aliphatic rings. The van der Waals surface area contributed by atoms with Crippen molar-refractivity contribution in [1.29, 1.82) is 0 Å². The molecule has 0 spiro atoms. The Balaban J connectivity index is 2.10. The second-order valence-corrected chi connectivity index (χ2v) is 5.74. The third-order valence-corrected chi connectivity index (χ3v) is 3.19. The van der Waals surface area contributed by atoms with Crippen LogP contribution < -0.4 is 0 Å². The number of nitrogens with zero attached hydrogens (tertiary/aromatic N) is 2. The van der Waals surface area contributed by atoms with Crippen LogP contribution in [0.4, 0.5) is 0 Å². The number of hydrogen-bond donors (Lipinski definition) is 1. The van der Waals surface area contributed by atoms with E-state index in [4.69, 9.17) is 0 Å². The van der Waals surface area contributed by atoms with Crippen LogP contribution in [0.3, 0.4) is 0 Å². The Labute approximate surface area is 95.3 Å². The molecular weight excluding hydrogens is 198 g/mol. The van der Waals surface area contributed by atoms with Crippen LogP contribution in [0.2, 0.25) is 0 Å². The smallest absolute Gasteiger partial charge is 0.177 e. The number of imidazole rings is 1. The highest BCUT2D eigenvalue weighted by atomic mass is 15.0. The Morgan fingerprint density at radius 1 is 1.31 bits per heavy atom. The summed E-state index contributed by atoms with van der Waals surface area (Å²) in [6, 6.07) is 2.18. The van der Waals surface area contributed by atoms with E-state index in [2.05, 4.69) is 41.8 Å². The average Bonchev–Trinajstić information content (AvgIpc) is 2.96. The molecule has 0 radical (unpaired) electrons. The molecule has 1 saturated carbocycles. The third kappa shape index (κ3) is 1.60. The molecule has 3 rings (SSSR count). The molecule has 1 fully saturated rings. The largest absolute Gasteiger partial charge is 0.340 e. The Morgan fingerprint density at radius 3 is 2.69 bits per heavy atom. The molecule has 0 aliphatic heterocycles. The first-order chi connectivity index (χ1) is 7.54. The minimum Gasteiger partial charge on any atom is -0.340 e. The molecule has 3 nitrogen and oxygen atoms in total. The summed E-state index contributed by atoms with van der Waals surface area (Å²) in [6.07, 6.45) is 4.48. The van der Waals surface area contributed by atoms with Gasteiger partial charge in [0, 0.05) is 12.1 Å². The predicted octanol–water partition coefficient (Wildman–Crippen LogP) is 3.13. The molecule has 2 aromatic heterocycles. The van der Waals surface area contributed by atoms with E-state index in [1.165, 1.54) is 18.4 Å². The Hall–Kier alpha value is -1.38. The van der Waals surface area contributed by atoms with Crippen molar-refractivity contribution in [1.82, 2.24) is 15.0 Å². The van der Waals surface area contributed by atoms with E-state index in [0.717, 1.165) is 17.0 Å². The summed E-state index contributed by atoms with van der Waals surface area (Å²) in [7, 11) is 0. The molecule has 16 heavy (non-hydrogen) atoms. The minimum absolute atomic E-state index is 0.145. The number of rotatable bonds is 1. The summed E-state index contributed by atoms with van der Waals surface area (Å²) in [5.74, 6) is 1.78. The first-order valence-corrected chi connectivity index (χ1v) is 5.90. The number of aromatic amines is 1. The highest BCUT2D eigenvalue weighted by Gasteiger charge is 2.27. The molecule has 1 N–H and O–H groups in total. The van der Waals surface area contributed by atoms with Gasteiger partial charge in [-0.25, -0.2) is 9.97 Å². The lowest BCUT2D eigenvalue weighted by atomic mass is 9.88. The van der Waals surface area contributed by atoms with Crippen molar-refractivity contribution in [2.45, 2.75) is 44.9 Å². The van der Waals surface area contributed by atoms with Gasteiger partial charge < -0.3 is 4.98 Å². The van der Waals surface area contributed by atoms with Gasteiger partial charge in [0.15, 0.2) is 5.65 Å². The fourth-order valence-electron chi connectivity index (χ4n) is 1.88. The van der Waals surface area contributed by atoms with Gasteiger partial charge in [0.1, 0.15) is 5.82 Å². The van der Waals surface area contributed by atoms with Gasteiger partial charge in [-0.1, -0.05) is 20.8 Å². The van der Waals surface area contributed by atoms with Gasteiger partial charge in [-0.15, -0.1) is 0 Å². The lowest BCUT2D eigenvalue weighted by molar-refractivity contribution is 0.588. The van der Waals surface area contributed by atoms with Crippen LogP contribution in [0.1, 0.15) is 50.9 Å². The zero-order valence-electron chi connectivity index (χ0n) is 10.0. The lowest BCUT2D eigenvalue weighted by Gasteiger charge is -2.17. The molecule has 0 unspecified atom stereocenters. The first kappa shape index (κ1) is 9.82. The molecule has 1 aliphatic carbocycles.